The van der Waals surface area contributed by atoms with Crippen LogP contribution in [0.5, 0.6) is 0 Å². The molecule has 20 heavy (non-hydrogen) atoms. The molecule has 0 aliphatic heterocycles. The van der Waals surface area contributed by atoms with Crippen molar-refractivity contribution in [1.29, 1.82) is 0 Å². The molecule has 1 unspecified atom stereocenters. The summed E-state index contributed by atoms with van der Waals surface area (Å²) in [5.74, 6) is 0. The highest BCUT2D eigenvalue weighted by molar-refractivity contribution is 5.73. The van der Waals surface area contributed by atoms with Crippen molar-refractivity contribution in [3.63, 3.8) is 0 Å². The number of carbonyl (C=O) groups excluding carboxylic acids is 1. The van der Waals surface area contributed by atoms with E-state index in [9.17, 15) is 23.1 Å². The van der Waals surface area contributed by atoms with Crippen LogP contribution in [-0.2, 0) is 5.60 Å². The fourth-order valence-electron chi connectivity index (χ4n) is 1.53. The van der Waals surface area contributed by atoms with Gasteiger partial charge in [-0.3, -0.25) is 0 Å². The number of rotatable bonds is 5. The largest absolute Gasteiger partial charge is 0.390 e. The molecule has 1 aromatic carbocycles. The summed E-state index contributed by atoms with van der Waals surface area (Å²) in [6.07, 6.45) is -5.39. The SMILES string of the molecule is CC(O)(CNC(=O)NCCC(F)(F)F)c1ccccc1. The first-order chi connectivity index (χ1) is 9.21. The number of urea groups is 1. The number of hydrogen-bond acceptors (Lipinski definition) is 2. The number of aliphatic hydroxyl groups is 1. The van der Waals surface area contributed by atoms with Crippen LogP contribution in [-0.4, -0.2) is 30.4 Å². The van der Waals surface area contributed by atoms with Crippen molar-refractivity contribution in [3.8, 4) is 0 Å². The number of benzene rings is 1. The predicted molar refractivity (Wildman–Crippen MR) is 68.1 cm³/mol. The van der Waals surface area contributed by atoms with Gasteiger partial charge in [0, 0.05) is 6.54 Å². The predicted octanol–water partition coefficient (Wildman–Crippen LogP) is 2.15. The summed E-state index contributed by atoms with van der Waals surface area (Å²) in [7, 11) is 0. The molecule has 0 spiro atoms. The van der Waals surface area contributed by atoms with Gasteiger partial charge in [0.25, 0.3) is 0 Å². The molecule has 1 rings (SSSR count). The molecule has 3 N–H and O–H groups in total. The minimum absolute atomic E-state index is 0.102. The molecule has 1 aromatic rings. The maximum atomic E-state index is 11.9. The molecule has 0 bridgehead atoms. The van der Waals surface area contributed by atoms with Crippen LogP contribution in [0.25, 0.3) is 0 Å². The van der Waals surface area contributed by atoms with Crippen LogP contribution >= 0.6 is 0 Å². The van der Waals surface area contributed by atoms with E-state index in [4.69, 9.17) is 0 Å². The van der Waals surface area contributed by atoms with Crippen molar-refractivity contribution in [2.24, 2.45) is 0 Å². The summed E-state index contributed by atoms with van der Waals surface area (Å²) in [5, 5.41) is 14.6. The maximum absolute atomic E-state index is 11.9. The van der Waals surface area contributed by atoms with Gasteiger partial charge in [-0.15, -0.1) is 0 Å². The zero-order valence-corrected chi connectivity index (χ0v) is 11.0. The van der Waals surface area contributed by atoms with Crippen molar-refractivity contribution in [2.75, 3.05) is 13.1 Å². The Morgan fingerprint density at radius 3 is 2.35 bits per heavy atom. The lowest BCUT2D eigenvalue weighted by atomic mass is 9.96. The second kappa shape index (κ2) is 6.60. The molecule has 1 atom stereocenters. The van der Waals surface area contributed by atoms with Gasteiger partial charge in [0.2, 0.25) is 0 Å². The average Bonchev–Trinajstić information content (AvgIpc) is 2.36. The summed E-state index contributed by atoms with van der Waals surface area (Å²) >= 11 is 0. The van der Waals surface area contributed by atoms with Gasteiger partial charge in [-0.25, -0.2) is 4.79 Å². The van der Waals surface area contributed by atoms with E-state index < -0.39 is 30.8 Å². The first-order valence-electron chi connectivity index (χ1n) is 6.07. The average molecular weight is 290 g/mol. The second-order valence-corrected chi connectivity index (χ2v) is 4.61. The third-order valence-electron chi connectivity index (χ3n) is 2.68. The Hall–Kier alpha value is -1.76. The van der Waals surface area contributed by atoms with Crippen molar-refractivity contribution in [3.05, 3.63) is 35.9 Å². The van der Waals surface area contributed by atoms with Crippen molar-refractivity contribution in [1.82, 2.24) is 10.6 Å². The number of nitrogens with one attached hydrogen (secondary N) is 2. The summed E-state index contributed by atoms with van der Waals surface area (Å²) in [6, 6.07) is 7.93. The van der Waals surface area contributed by atoms with Crippen molar-refractivity contribution in [2.45, 2.75) is 25.1 Å². The highest BCUT2D eigenvalue weighted by Gasteiger charge is 2.27. The van der Waals surface area contributed by atoms with E-state index in [0.717, 1.165) is 0 Å². The topological polar surface area (TPSA) is 61.4 Å². The number of halogens is 3. The lowest BCUT2D eigenvalue weighted by Crippen LogP contribution is -2.44. The molecule has 0 radical (unpaired) electrons. The lowest BCUT2D eigenvalue weighted by Gasteiger charge is -2.24. The van der Waals surface area contributed by atoms with E-state index in [1.807, 2.05) is 0 Å². The van der Waals surface area contributed by atoms with Gasteiger partial charge in [0.05, 0.1) is 13.0 Å². The number of carbonyl (C=O) groups is 1. The highest BCUT2D eigenvalue weighted by atomic mass is 19.4. The van der Waals surface area contributed by atoms with Gasteiger partial charge in [0.15, 0.2) is 0 Å². The Bertz CT molecular complexity index is 433. The smallest absolute Gasteiger partial charge is 0.384 e. The minimum atomic E-state index is -4.30. The van der Waals surface area contributed by atoms with E-state index in [1.54, 1.807) is 30.3 Å². The molecule has 4 nitrogen and oxygen atoms in total. The Balaban J connectivity index is 2.37. The molecule has 0 aliphatic carbocycles. The molecule has 7 heteroatoms. The van der Waals surface area contributed by atoms with Crippen LogP contribution in [0.4, 0.5) is 18.0 Å². The van der Waals surface area contributed by atoms with Crippen LogP contribution in [0.1, 0.15) is 18.9 Å². The van der Waals surface area contributed by atoms with Crippen LogP contribution in [0.15, 0.2) is 30.3 Å². The fraction of sp³-hybridized carbons (Fsp3) is 0.462. The van der Waals surface area contributed by atoms with Crippen LogP contribution in [0.2, 0.25) is 0 Å². The number of alkyl halides is 3. The van der Waals surface area contributed by atoms with E-state index in [1.165, 1.54) is 6.92 Å². The summed E-state index contributed by atoms with van der Waals surface area (Å²) in [6.45, 7) is 0.913. The van der Waals surface area contributed by atoms with E-state index in [0.29, 0.717) is 5.56 Å². The zero-order chi connectivity index (χ0) is 15.2. The second-order valence-electron chi connectivity index (χ2n) is 4.61. The third-order valence-corrected chi connectivity index (χ3v) is 2.68. The molecular weight excluding hydrogens is 273 g/mol. The first-order valence-corrected chi connectivity index (χ1v) is 6.07. The quantitative estimate of drug-likeness (QED) is 0.778. The number of hydrogen-bond donors (Lipinski definition) is 3. The summed E-state index contributed by atoms with van der Waals surface area (Å²) in [4.78, 5) is 11.3. The molecular formula is C13H17F3N2O2. The first kappa shape index (κ1) is 16.3. The lowest BCUT2D eigenvalue weighted by molar-refractivity contribution is -0.132. The monoisotopic (exact) mass is 290 g/mol. The molecule has 0 aromatic heterocycles. The molecule has 0 heterocycles. The maximum Gasteiger partial charge on any atom is 0.390 e. The number of amides is 2. The van der Waals surface area contributed by atoms with Gasteiger partial charge in [0.1, 0.15) is 5.60 Å². The Labute approximate surface area is 115 Å². The van der Waals surface area contributed by atoms with Gasteiger partial charge < -0.3 is 15.7 Å². The molecule has 0 fully saturated rings. The fourth-order valence-corrected chi connectivity index (χ4v) is 1.53. The van der Waals surface area contributed by atoms with Gasteiger partial charge in [-0.2, -0.15) is 13.2 Å². The van der Waals surface area contributed by atoms with E-state index in [2.05, 4.69) is 10.6 Å². The molecule has 0 aliphatic rings. The standard InChI is InChI=1S/C13H17F3N2O2/c1-12(20,10-5-3-2-4-6-10)9-18-11(19)17-8-7-13(14,15)16/h2-6,20H,7-9H2,1H3,(H2,17,18,19). The van der Waals surface area contributed by atoms with Gasteiger partial charge in [-0.05, 0) is 12.5 Å². The Kier molecular flexibility index (Phi) is 5.38. The molecule has 0 saturated heterocycles. The zero-order valence-electron chi connectivity index (χ0n) is 11.0. The third kappa shape index (κ3) is 5.92. The minimum Gasteiger partial charge on any atom is -0.384 e. The van der Waals surface area contributed by atoms with Gasteiger partial charge in [-0.1, -0.05) is 30.3 Å². The molecule has 2 amide bonds. The van der Waals surface area contributed by atoms with E-state index >= 15 is 0 Å². The van der Waals surface area contributed by atoms with Crippen LogP contribution < -0.4 is 10.6 Å². The highest BCUT2D eigenvalue weighted by Crippen LogP contribution is 2.19. The normalized spacial score (nSPS) is 14.4. The van der Waals surface area contributed by atoms with Gasteiger partial charge >= 0.3 is 12.2 Å². The Morgan fingerprint density at radius 1 is 1.20 bits per heavy atom. The summed E-state index contributed by atoms with van der Waals surface area (Å²) < 4.78 is 35.7. The molecule has 112 valence electrons. The van der Waals surface area contributed by atoms with Crippen LogP contribution in [0, 0.1) is 0 Å². The van der Waals surface area contributed by atoms with Crippen molar-refractivity contribution < 1.29 is 23.1 Å². The van der Waals surface area contributed by atoms with Crippen LogP contribution in [0.3, 0.4) is 0 Å². The Morgan fingerprint density at radius 2 is 1.80 bits per heavy atom. The summed E-state index contributed by atoms with van der Waals surface area (Å²) in [5.41, 5.74) is -0.682. The molecule has 0 saturated carbocycles. The van der Waals surface area contributed by atoms with E-state index in [-0.39, 0.29) is 6.54 Å². The van der Waals surface area contributed by atoms with Crippen molar-refractivity contribution >= 4 is 6.03 Å².